The van der Waals surface area contributed by atoms with Crippen LogP contribution < -0.4 is 5.56 Å². The lowest BCUT2D eigenvalue weighted by atomic mass is 10.1. The second-order valence-electron chi connectivity index (χ2n) is 5.19. The Balaban J connectivity index is 2.00. The first-order valence-electron chi connectivity index (χ1n) is 6.14. The van der Waals surface area contributed by atoms with Crippen molar-refractivity contribution in [2.24, 2.45) is 5.92 Å². The van der Waals surface area contributed by atoms with E-state index in [-0.39, 0.29) is 5.56 Å². The van der Waals surface area contributed by atoms with E-state index in [1.165, 1.54) is 24.1 Å². The Bertz CT molecular complexity index is 459. The van der Waals surface area contributed by atoms with Crippen molar-refractivity contribution in [3.63, 3.8) is 0 Å². The molecule has 1 aromatic rings. The van der Waals surface area contributed by atoms with Gasteiger partial charge in [-0.25, -0.2) is 0 Å². The fourth-order valence-electron chi connectivity index (χ4n) is 2.53. The number of fused-ring (bicyclic) bond motifs is 1. The summed E-state index contributed by atoms with van der Waals surface area (Å²) in [4.78, 5) is 14.2. The van der Waals surface area contributed by atoms with Crippen molar-refractivity contribution in [2.45, 2.75) is 32.4 Å². The fraction of sp³-hybridized carbons (Fsp3) is 0.615. The lowest BCUT2D eigenvalue weighted by Gasteiger charge is -2.27. The standard InChI is InChI=1S/C13H18N2O/c1-14-7-6-12-11(9-14)4-5-13(16)15(12)8-10-2-3-10/h4-5,10H,2-3,6-9H2,1H3. The van der Waals surface area contributed by atoms with Crippen molar-refractivity contribution >= 4 is 0 Å². The Morgan fingerprint density at radius 2 is 2.19 bits per heavy atom. The van der Waals surface area contributed by atoms with Gasteiger partial charge < -0.3 is 9.47 Å². The first-order valence-corrected chi connectivity index (χ1v) is 6.14. The second-order valence-corrected chi connectivity index (χ2v) is 5.19. The summed E-state index contributed by atoms with van der Waals surface area (Å²) in [5.74, 6) is 0.767. The minimum absolute atomic E-state index is 0.190. The molecule has 0 amide bonds. The van der Waals surface area contributed by atoms with Gasteiger partial charge in [0.2, 0.25) is 0 Å². The molecule has 0 spiro atoms. The van der Waals surface area contributed by atoms with Gasteiger partial charge in [0.15, 0.2) is 0 Å². The van der Waals surface area contributed by atoms with Crippen LogP contribution in [0.25, 0.3) is 0 Å². The molecule has 1 fully saturated rings. The summed E-state index contributed by atoms with van der Waals surface area (Å²) in [6.07, 6.45) is 3.63. The number of hydrogen-bond acceptors (Lipinski definition) is 2. The molecule has 2 heterocycles. The molecule has 86 valence electrons. The number of likely N-dealkylation sites (N-methyl/N-ethyl adjacent to an activating group) is 1. The number of rotatable bonds is 2. The van der Waals surface area contributed by atoms with Crippen LogP contribution in [0.5, 0.6) is 0 Å². The lowest BCUT2D eigenvalue weighted by molar-refractivity contribution is 0.303. The van der Waals surface area contributed by atoms with E-state index in [0.717, 1.165) is 32.0 Å². The molecule has 3 heteroatoms. The van der Waals surface area contributed by atoms with Gasteiger partial charge in [-0.15, -0.1) is 0 Å². The summed E-state index contributed by atoms with van der Waals surface area (Å²) in [7, 11) is 2.14. The van der Waals surface area contributed by atoms with Gasteiger partial charge >= 0.3 is 0 Å². The highest BCUT2D eigenvalue weighted by molar-refractivity contribution is 5.24. The van der Waals surface area contributed by atoms with Gasteiger partial charge in [-0.05, 0) is 31.4 Å². The zero-order chi connectivity index (χ0) is 11.1. The molecular weight excluding hydrogens is 200 g/mol. The number of nitrogens with zero attached hydrogens (tertiary/aromatic N) is 2. The predicted octanol–water partition coefficient (Wildman–Crippen LogP) is 1.25. The molecule has 0 unspecified atom stereocenters. The molecule has 0 aromatic carbocycles. The summed E-state index contributed by atoms with van der Waals surface area (Å²) < 4.78 is 2.03. The van der Waals surface area contributed by atoms with Gasteiger partial charge in [-0.2, -0.15) is 0 Å². The molecule has 3 nitrogen and oxygen atoms in total. The van der Waals surface area contributed by atoms with E-state index in [4.69, 9.17) is 0 Å². The molecular formula is C13H18N2O. The Kier molecular flexibility index (Phi) is 2.36. The number of aromatic nitrogens is 1. The van der Waals surface area contributed by atoms with E-state index in [1.807, 2.05) is 10.6 Å². The van der Waals surface area contributed by atoms with Gasteiger partial charge in [0, 0.05) is 37.8 Å². The van der Waals surface area contributed by atoms with Crippen LogP contribution in [0.4, 0.5) is 0 Å². The molecule has 1 saturated carbocycles. The molecule has 0 saturated heterocycles. The van der Waals surface area contributed by atoms with E-state index in [9.17, 15) is 4.79 Å². The molecule has 3 rings (SSSR count). The number of hydrogen-bond donors (Lipinski definition) is 0. The van der Waals surface area contributed by atoms with Gasteiger partial charge in [-0.3, -0.25) is 4.79 Å². The van der Waals surface area contributed by atoms with Crippen molar-refractivity contribution < 1.29 is 0 Å². The molecule has 16 heavy (non-hydrogen) atoms. The third-order valence-electron chi connectivity index (χ3n) is 3.70. The Morgan fingerprint density at radius 3 is 2.94 bits per heavy atom. The highest BCUT2D eigenvalue weighted by Gasteiger charge is 2.25. The van der Waals surface area contributed by atoms with Crippen LogP contribution in [-0.4, -0.2) is 23.1 Å². The molecule has 0 bridgehead atoms. The Morgan fingerprint density at radius 1 is 1.38 bits per heavy atom. The molecule has 1 aliphatic carbocycles. The molecule has 1 aliphatic heterocycles. The van der Waals surface area contributed by atoms with E-state index in [2.05, 4.69) is 11.9 Å². The summed E-state index contributed by atoms with van der Waals surface area (Å²) >= 11 is 0. The SMILES string of the molecule is CN1CCc2c(ccc(=O)n2CC2CC2)C1. The highest BCUT2D eigenvalue weighted by atomic mass is 16.1. The maximum Gasteiger partial charge on any atom is 0.250 e. The van der Waals surface area contributed by atoms with Gasteiger partial charge in [0.05, 0.1) is 0 Å². The first-order chi connectivity index (χ1) is 7.74. The topological polar surface area (TPSA) is 25.2 Å². The van der Waals surface area contributed by atoms with Crippen molar-refractivity contribution in [1.29, 1.82) is 0 Å². The van der Waals surface area contributed by atoms with Crippen LogP contribution in [0.2, 0.25) is 0 Å². The summed E-state index contributed by atoms with van der Waals surface area (Å²) in [6.45, 7) is 3.01. The van der Waals surface area contributed by atoms with Crippen LogP contribution in [0, 0.1) is 5.92 Å². The summed E-state index contributed by atoms with van der Waals surface area (Å²) in [5.41, 5.74) is 2.82. The molecule has 1 aromatic heterocycles. The third kappa shape index (κ3) is 1.80. The van der Waals surface area contributed by atoms with Gasteiger partial charge in [0.1, 0.15) is 0 Å². The van der Waals surface area contributed by atoms with Crippen LogP contribution in [0.15, 0.2) is 16.9 Å². The second kappa shape index (κ2) is 3.74. The lowest BCUT2D eigenvalue weighted by Crippen LogP contribution is -2.33. The smallest absolute Gasteiger partial charge is 0.250 e. The highest BCUT2D eigenvalue weighted by Crippen LogP contribution is 2.31. The van der Waals surface area contributed by atoms with E-state index in [0.29, 0.717) is 0 Å². The van der Waals surface area contributed by atoms with Gasteiger partial charge in [-0.1, -0.05) is 6.07 Å². The zero-order valence-electron chi connectivity index (χ0n) is 9.78. The first kappa shape index (κ1) is 10.1. The molecule has 2 aliphatic rings. The monoisotopic (exact) mass is 218 g/mol. The zero-order valence-corrected chi connectivity index (χ0v) is 9.78. The predicted molar refractivity (Wildman–Crippen MR) is 63.5 cm³/mol. The average molecular weight is 218 g/mol. The summed E-state index contributed by atoms with van der Waals surface area (Å²) in [6, 6.07) is 3.75. The fourth-order valence-corrected chi connectivity index (χ4v) is 2.53. The van der Waals surface area contributed by atoms with Crippen LogP contribution >= 0.6 is 0 Å². The van der Waals surface area contributed by atoms with Crippen LogP contribution in [0.3, 0.4) is 0 Å². The summed E-state index contributed by atoms with van der Waals surface area (Å²) in [5, 5.41) is 0. The van der Waals surface area contributed by atoms with E-state index >= 15 is 0 Å². The molecule has 0 N–H and O–H groups in total. The molecule has 0 radical (unpaired) electrons. The van der Waals surface area contributed by atoms with Crippen molar-refractivity contribution in [1.82, 2.24) is 9.47 Å². The van der Waals surface area contributed by atoms with Crippen molar-refractivity contribution in [3.8, 4) is 0 Å². The third-order valence-corrected chi connectivity index (χ3v) is 3.70. The van der Waals surface area contributed by atoms with E-state index in [1.54, 1.807) is 6.07 Å². The normalized spacial score (nSPS) is 20.8. The minimum Gasteiger partial charge on any atom is -0.312 e. The minimum atomic E-state index is 0.190. The molecule has 0 atom stereocenters. The van der Waals surface area contributed by atoms with Crippen LogP contribution in [0.1, 0.15) is 24.1 Å². The maximum atomic E-state index is 11.9. The van der Waals surface area contributed by atoms with Crippen molar-refractivity contribution in [3.05, 3.63) is 33.7 Å². The Labute approximate surface area is 95.7 Å². The van der Waals surface area contributed by atoms with Gasteiger partial charge in [0.25, 0.3) is 5.56 Å². The Hall–Kier alpha value is -1.09. The number of pyridine rings is 1. The average Bonchev–Trinajstić information content (AvgIpc) is 3.06. The largest absolute Gasteiger partial charge is 0.312 e. The van der Waals surface area contributed by atoms with Crippen molar-refractivity contribution in [2.75, 3.05) is 13.6 Å². The van der Waals surface area contributed by atoms with E-state index < -0.39 is 0 Å². The maximum absolute atomic E-state index is 11.9. The quantitative estimate of drug-likeness (QED) is 0.746. The van der Waals surface area contributed by atoms with Crippen LogP contribution in [-0.2, 0) is 19.5 Å².